The average molecular weight is 240 g/mol. The Hall–Kier alpha value is -0.710. The molecular formula is C13H20O4. The summed E-state index contributed by atoms with van der Waals surface area (Å²) >= 11 is 0. The average Bonchev–Trinajstić information content (AvgIpc) is 2.33. The van der Waals surface area contributed by atoms with E-state index in [0.29, 0.717) is 19.4 Å². The van der Waals surface area contributed by atoms with Gasteiger partial charge in [0.05, 0.1) is 12.7 Å². The van der Waals surface area contributed by atoms with Crippen molar-refractivity contribution < 1.29 is 19.7 Å². The number of allylic oxidation sites excluding steroid dienone is 1. The predicted octanol–water partition coefficient (Wildman–Crippen LogP) is 0.813. The Morgan fingerprint density at radius 2 is 2.06 bits per heavy atom. The van der Waals surface area contributed by atoms with E-state index >= 15 is 0 Å². The van der Waals surface area contributed by atoms with Gasteiger partial charge < -0.3 is 14.9 Å². The number of ketones is 1. The normalized spacial score (nSPS) is 49.8. The lowest BCUT2D eigenvalue weighted by atomic mass is 9.59. The van der Waals surface area contributed by atoms with Crippen LogP contribution in [-0.2, 0) is 9.53 Å². The smallest absolute Gasteiger partial charge is 0.152 e. The zero-order valence-electron chi connectivity index (χ0n) is 10.6. The van der Waals surface area contributed by atoms with Crippen molar-refractivity contribution in [1.29, 1.82) is 0 Å². The highest BCUT2D eigenvalue weighted by atomic mass is 16.5. The summed E-state index contributed by atoms with van der Waals surface area (Å²) in [6.07, 6.45) is 3.36. The molecule has 4 nitrogen and oxygen atoms in total. The molecule has 2 N–H and O–H groups in total. The quantitative estimate of drug-likeness (QED) is 0.701. The van der Waals surface area contributed by atoms with Crippen molar-refractivity contribution in [3.05, 3.63) is 12.2 Å². The summed E-state index contributed by atoms with van der Waals surface area (Å²) < 4.78 is 5.71. The Bertz CT molecular complexity index is 356. The zero-order chi connectivity index (χ0) is 12.9. The molecule has 0 amide bonds. The molecule has 2 bridgehead atoms. The van der Waals surface area contributed by atoms with Crippen LogP contribution >= 0.6 is 0 Å². The van der Waals surface area contributed by atoms with Crippen molar-refractivity contribution >= 4 is 5.78 Å². The molecule has 1 saturated carbocycles. The van der Waals surface area contributed by atoms with Crippen LogP contribution in [0.2, 0.25) is 0 Å². The summed E-state index contributed by atoms with van der Waals surface area (Å²) in [6.45, 7) is 5.54. The molecule has 2 rings (SSSR count). The first-order valence-electron chi connectivity index (χ1n) is 5.97. The minimum absolute atomic E-state index is 0.101. The first-order chi connectivity index (χ1) is 7.72. The highest BCUT2D eigenvalue weighted by molar-refractivity contribution is 5.87. The van der Waals surface area contributed by atoms with Crippen molar-refractivity contribution in [3.8, 4) is 0 Å². The third kappa shape index (κ3) is 1.66. The number of carbonyl (C=O) groups excluding carboxylic acids is 1. The van der Waals surface area contributed by atoms with Gasteiger partial charge in [-0.1, -0.05) is 6.92 Å². The standard InChI is InChI=1S/C13H20O4/c1-9(14)4-5-13(16)11(2)6-10(15)7-12(13,3)17-8-11/h4-5,10,15-16H,6-8H2,1-3H3/b5-4+/t10-,11+,12+,13-/m0/s1. The van der Waals surface area contributed by atoms with Crippen LogP contribution in [0.1, 0.15) is 33.6 Å². The zero-order valence-corrected chi connectivity index (χ0v) is 10.6. The van der Waals surface area contributed by atoms with Crippen LogP contribution in [0.3, 0.4) is 0 Å². The van der Waals surface area contributed by atoms with Gasteiger partial charge >= 0.3 is 0 Å². The Morgan fingerprint density at radius 3 is 2.59 bits per heavy atom. The summed E-state index contributed by atoms with van der Waals surface area (Å²) in [7, 11) is 0. The fraction of sp³-hybridized carbons (Fsp3) is 0.769. The summed E-state index contributed by atoms with van der Waals surface area (Å²) in [5.41, 5.74) is -2.54. The van der Waals surface area contributed by atoms with Gasteiger partial charge in [-0.2, -0.15) is 0 Å². The maximum atomic E-state index is 11.0. The molecule has 96 valence electrons. The summed E-state index contributed by atoms with van der Waals surface area (Å²) in [6, 6.07) is 0. The van der Waals surface area contributed by atoms with E-state index in [2.05, 4.69) is 0 Å². The molecule has 17 heavy (non-hydrogen) atoms. The monoisotopic (exact) mass is 240 g/mol. The molecule has 4 heteroatoms. The SMILES string of the molecule is CC(=O)/C=C/[C@]1(O)[C@@]2(C)CO[C@]1(C)C[C@@H](O)C2. The van der Waals surface area contributed by atoms with Crippen LogP contribution in [-0.4, -0.2) is 39.9 Å². The molecule has 0 aromatic rings. The third-order valence-corrected chi connectivity index (χ3v) is 4.31. The van der Waals surface area contributed by atoms with Crippen molar-refractivity contribution in [2.45, 2.75) is 50.9 Å². The molecule has 0 radical (unpaired) electrons. The predicted molar refractivity (Wildman–Crippen MR) is 62.5 cm³/mol. The Morgan fingerprint density at radius 1 is 1.41 bits per heavy atom. The summed E-state index contributed by atoms with van der Waals surface area (Å²) in [5.74, 6) is -0.101. The molecule has 2 aliphatic rings. The minimum Gasteiger partial charge on any atom is -0.393 e. The number of aliphatic hydroxyl groups excluding tert-OH is 1. The first kappa shape index (κ1) is 12.7. The number of hydrogen-bond donors (Lipinski definition) is 2. The molecule has 0 unspecified atom stereocenters. The van der Waals surface area contributed by atoms with Crippen LogP contribution in [0, 0.1) is 5.41 Å². The number of carbonyl (C=O) groups is 1. The van der Waals surface area contributed by atoms with E-state index in [-0.39, 0.29) is 5.78 Å². The van der Waals surface area contributed by atoms with Crippen LogP contribution in [0.4, 0.5) is 0 Å². The number of ether oxygens (including phenoxy) is 1. The maximum absolute atomic E-state index is 11.0. The van der Waals surface area contributed by atoms with Crippen LogP contribution in [0.5, 0.6) is 0 Å². The molecule has 1 heterocycles. The van der Waals surface area contributed by atoms with Gasteiger partial charge in [0.15, 0.2) is 5.78 Å². The van der Waals surface area contributed by atoms with Crippen molar-refractivity contribution in [2.75, 3.05) is 6.61 Å². The van der Waals surface area contributed by atoms with Gasteiger partial charge in [0.2, 0.25) is 0 Å². The fourth-order valence-electron chi connectivity index (χ4n) is 3.26. The second kappa shape index (κ2) is 3.64. The van der Waals surface area contributed by atoms with Gasteiger partial charge in [-0.25, -0.2) is 0 Å². The highest BCUT2D eigenvalue weighted by Crippen LogP contribution is 2.57. The van der Waals surface area contributed by atoms with E-state index in [9.17, 15) is 15.0 Å². The Labute approximate surface area is 101 Å². The van der Waals surface area contributed by atoms with E-state index in [1.807, 2.05) is 6.92 Å². The topological polar surface area (TPSA) is 66.8 Å². The fourth-order valence-corrected chi connectivity index (χ4v) is 3.26. The maximum Gasteiger partial charge on any atom is 0.152 e. The third-order valence-electron chi connectivity index (χ3n) is 4.31. The van der Waals surface area contributed by atoms with Crippen LogP contribution < -0.4 is 0 Å². The van der Waals surface area contributed by atoms with E-state index in [0.717, 1.165) is 0 Å². The second-order valence-corrected chi connectivity index (χ2v) is 5.85. The van der Waals surface area contributed by atoms with Gasteiger partial charge in [0.1, 0.15) is 11.2 Å². The van der Waals surface area contributed by atoms with Gasteiger partial charge in [0.25, 0.3) is 0 Å². The first-order valence-corrected chi connectivity index (χ1v) is 5.97. The lowest BCUT2D eigenvalue weighted by Crippen LogP contribution is -2.61. The number of fused-ring (bicyclic) bond motifs is 2. The van der Waals surface area contributed by atoms with Gasteiger partial charge in [0, 0.05) is 11.8 Å². The van der Waals surface area contributed by atoms with Crippen molar-refractivity contribution in [1.82, 2.24) is 0 Å². The highest BCUT2D eigenvalue weighted by Gasteiger charge is 2.67. The van der Waals surface area contributed by atoms with Crippen molar-refractivity contribution in [2.24, 2.45) is 5.41 Å². The lowest BCUT2D eigenvalue weighted by Gasteiger charge is -2.49. The number of hydrogen-bond acceptors (Lipinski definition) is 4. The Kier molecular flexibility index (Phi) is 2.73. The number of rotatable bonds is 2. The Balaban J connectivity index is 2.42. The van der Waals surface area contributed by atoms with Crippen LogP contribution in [0.15, 0.2) is 12.2 Å². The largest absolute Gasteiger partial charge is 0.393 e. The molecule has 1 aliphatic carbocycles. The molecule has 2 fully saturated rings. The molecule has 1 aliphatic heterocycles. The summed E-state index contributed by atoms with van der Waals surface area (Å²) in [5, 5.41) is 20.7. The molecule has 4 atom stereocenters. The molecule has 1 saturated heterocycles. The lowest BCUT2D eigenvalue weighted by molar-refractivity contribution is -0.150. The van der Waals surface area contributed by atoms with Gasteiger partial charge in [-0.05, 0) is 32.4 Å². The van der Waals surface area contributed by atoms with Crippen LogP contribution in [0.25, 0.3) is 0 Å². The van der Waals surface area contributed by atoms with Gasteiger partial charge in [-0.3, -0.25) is 4.79 Å². The molecular weight excluding hydrogens is 220 g/mol. The van der Waals surface area contributed by atoms with E-state index in [1.165, 1.54) is 13.0 Å². The number of aliphatic hydroxyl groups is 2. The molecule has 0 aromatic heterocycles. The van der Waals surface area contributed by atoms with Gasteiger partial charge in [-0.15, -0.1) is 0 Å². The van der Waals surface area contributed by atoms with E-state index in [4.69, 9.17) is 4.74 Å². The molecule has 0 spiro atoms. The second-order valence-electron chi connectivity index (χ2n) is 5.85. The minimum atomic E-state index is -1.19. The van der Waals surface area contributed by atoms with Crippen molar-refractivity contribution in [3.63, 3.8) is 0 Å². The van der Waals surface area contributed by atoms with E-state index in [1.54, 1.807) is 13.0 Å². The summed E-state index contributed by atoms with van der Waals surface area (Å²) in [4.78, 5) is 11.0. The molecule has 0 aromatic carbocycles. The van der Waals surface area contributed by atoms with E-state index < -0.39 is 22.7 Å².